The van der Waals surface area contributed by atoms with Crippen LogP contribution in [0.25, 0.3) is 0 Å². The molecule has 0 saturated heterocycles. The number of amides is 2. The summed E-state index contributed by atoms with van der Waals surface area (Å²) in [6.45, 7) is 0. The molecule has 0 aliphatic heterocycles. The van der Waals surface area contributed by atoms with Crippen LogP contribution in [0.1, 0.15) is 58.3 Å². The van der Waals surface area contributed by atoms with Crippen molar-refractivity contribution in [2.45, 2.75) is 49.7 Å². The minimum atomic E-state index is -0.214. The highest BCUT2D eigenvalue weighted by Crippen LogP contribution is 2.40. The number of benzene rings is 1. The Labute approximate surface area is 199 Å². The van der Waals surface area contributed by atoms with Crippen molar-refractivity contribution in [3.8, 4) is 5.75 Å². The van der Waals surface area contributed by atoms with E-state index in [-0.39, 0.29) is 17.6 Å². The molecule has 2 N–H and O–H groups in total. The maximum atomic E-state index is 13.2. The maximum Gasteiger partial charge on any atom is 0.277 e. The van der Waals surface area contributed by atoms with Crippen LogP contribution in [0, 0.1) is 0 Å². The van der Waals surface area contributed by atoms with Crippen LogP contribution in [-0.4, -0.2) is 34.9 Å². The topological polar surface area (TPSA) is 106 Å². The summed E-state index contributed by atoms with van der Waals surface area (Å²) in [5, 5.41) is 15.0. The molecule has 3 aromatic rings. The summed E-state index contributed by atoms with van der Waals surface area (Å²) in [6, 6.07) is 7.19. The minimum absolute atomic E-state index is 0.133. The summed E-state index contributed by atoms with van der Waals surface area (Å²) in [5.41, 5.74) is 2.29. The van der Waals surface area contributed by atoms with E-state index >= 15 is 0 Å². The molecule has 0 atom stereocenters. The van der Waals surface area contributed by atoms with Crippen molar-refractivity contribution in [2.75, 3.05) is 23.5 Å². The number of hydrogen-bond donors (Lipinski definition) is 2. The Morgan fingerprint density at radius 3 is 2.70 bits per heavy atom. The van der Waals surface area contributed by atoms with Gasteiger partial charge in [0.2, 0.25) is 11.8 Å². The second kappa shape index (κ2) is 9.56. The van der Waals surface area contributed by atoms with Crippen LogP contribution >= 0.6 is 23.1 Å². The summed E-state index contributed by atoms with van der Waals surface area (Å²) >= 11 is 2.71. The molecule has 172 valence electrons. The molecule has 10 heteroatoms. The number of aromatic nitrogens is 2. The van der Waals surface area contributed by atoms with Gasteiger partial charge >= 0.3 is 0 Å². The van der Waals surface area contributed by atoms with Gasteiger partial charge < -0.3 is 19.8 Å². The predicted molar refractivity (Wildman–Crippen MR) is 128 cm³/mol. The van der Waals surface area contributed by atoms with Gasteiger partial charge in [0.1, 0.15) is 10.8 Å². The van der Waals surface area contributed by atoms with Gasteiger partial charge in [0.25, 0.3) is 11.1 Å². The number of hydrogen-bond acceptors (Lipinski definition) is 8. The molecule has 2 amide bonds. The molecule has 0 spiro atoms. The third-order valence-electron chi connectivity index (χ3n) is 5.67. The number of thiophene rings is 1. The van der Waals surface area contributed by atoms with Gasteiger partial charge in [-0.3, -0.25) is 9.59 Å². The number of anilines is 2. The number of nitrogens with one attached hydrogen (secondary N) is 2. The van der Waals surface area contributed by atoms with Gasteiger partial charge in [-0.2, -0.15) is 0 Å². The highest BCUT2D eigenvalue weighted by atomic mass is 32.2. The number of fused-ring (bicyclic) bond motifs is 1. The van der Waals surface area contributed by atoms with Crippen molar-refractivity contribution < 1.29 is 18.7 Å². The molecule has 5 rings (SSSR count). The lowest BCUT2D eigenvalue weighted by atomic mass is 9.95. The molecule has 1 fully saturated rings. The monoisotopic (exact) mass is 484 g/mol. The normalized spacial score (nSPS) is 15.1. The van der Waals surface area contributed by atoms with Crippen molar-refractivity contribution in [2.24, 2.45) is 0 Å². The Kier molecular flexibility index (Phi) is 6.37. The fourth-order valence-corrected chi connectivity index (χ4v) is 5.70. The molecule has 0 bridgehead atoms. The Morgan fingerprint density at radius 2 is 1.94 bits per heavy atom. The Bertz CT molecular complexity index is 1170. The lowest BCUT2D eigenvalue weighted by Gasteiger charge is -2.13. The summed E-state index contributed by atoms with van der Waals surface area (Å²) in [6.07, 6.45) is 6.06. The second-order valence-electron chi connectivity index (χ2n) is 8.11. The van der Waals surface area contributed by atoms with E-state index in [0.29, 0.717) is 33.3 Å². The summed E-state index contributed by atoms with van der Waals surface area (Å²) < 4.78 is 10.8. The maximum absolute atomic E-state index is 13.2. The van der Waals surface area contributed by atoms with Crippen LogP contribution in [-0.2, 0) is 17.6 Å². The van der Waals surface area contributed by atoms with Crippen LogP contribution in [0.2, 0.25) is 0 Å². The fourth-order valence-electron chi connectivity index (χ4n) is 3.83. The molecule has 2 aromatic heterocycles. The van der Waals surface area contributed by atoms with Crippen molar-refractivity contribution >= 4 is 45.6 Å². The molecule has 0 radical (unpaired) electrons. The molecule has 2 aliphatic rings. The lowest BCUT2D eigenvalue weighted by Crippen LogP contribution is -2.19. The van der Waals surface area contributed by atoms with Crippen LogP contribution in [0.4, 0.5) is 10.7 Å². The van der Waals surface area contributed by atoms with E-state index in [1.165, 1.54) is 28.0 Å². The van der Waals surface area contributed by atoms with Crippen LogP contribution < -0.4 is 15.4 Å². The van der Waals surface area contributed by atoms with E-state index in [9.17, 15) is 9.59 Å². The van der Waals surface area contributed by atoms with Crippen molar-refractivity contribution in [3.05, 3.63) is 46.2 Å². The zero-order valence-electron chi connectivity index (χ0n) is 18.2. The first-order valence-corrected chi connectivity index (χ1v) is 12.8. The summed E-state index contributed by atoms with van der Waals surface area (Å²) in [4.78, 5) is 27.1. The SMILES string of the molecule is COc1ccc(NC(=O)c2c(NC(=O)CSc3nnc(C4CC4)o3)sc3c2CCCC3)cc1. The highest BCUT2D eigenvalue weighted by Gasteiger charge is 2.30. The number of aryl methyl sites for hydroxylation is 1. The van der Waals surface area contributed by atoms with Crippen LogP contribution in [0.5, 0.6) is 5.75 Å². The molecular formula is C23H24N4O4S2. The van der Waals surface area contributed by atoms with Crippen molar-refractivity contribution in [1.29, 1.82) is 0 Å². The number of carbonyl (C=O) groups is 2. The molecule has 2 heterocycles. The van der Waals surface area contributed by atoms with Gasteiger partial charge in [-0.05, 0) is 68.4 Å². The molecule has 1 saturated carbocycles. The standard InChI is InChI=1S/C23H24N4O4S2/c1-30-15-10-8-14(9-11-15)24-20(29)19-16-4-2-3-5-17(16)33-22(19)25-18(28)12-32-23-27-26-21(31-23)13-6-7-13/h8-11,13H,2-7,12H2,1H3,(H,24,29)(H,25,28). The largest absolute Gasteiger partial charge is 0.497 e. The zero-order chi connectivity index (χ0) is 22.8. The molecule has 2 aliphatic carbocycles. The van der Waals surface area contributed by atoms with Crippen molar-refractivity contribution in [1.82, 2.24) is 10.2 Å². The molecule has 33 heavy (non-hydrogen) atoms. The van der Waals surface area contributed by atoms with E-state index in [0.717, 1.165) is 49.8 Å². The lowest BCUT2D eigenvalue weighted by molar-refractivity contribution is -0.113. The highest BCUT2D eigenvalue weighted by molar-refractivity contribution is 7.99. The fraction of sp³-hybridized carbons (Fsp3) is 0.391. The Hall–Kier alpha value is -2.85. The minimum Gasteiger partial charge on any atom is -0.497 e. The number of nitrogens with zero attached hydrogens (tertiary/aromatic N) is 2. The Balaban J connectivity index is 1.29. The van der Waals surface area contributed by atoms with Crippen LogP contribution in [0.3, 0.4) is 0 Å². The predicted octanol–water partition coefficient (Wildman–Crippen LogP) is 4.88. The number of thioether (sulfide) groups is 1. The van der Waals surface area contributed by atoms with Gasteiger partial charge in [-0.15, -0.1) is 21.5 Å². The second-order valence-corrected chi connectivity index (χ2v) is 10.1. The summed E-state index contributed by atoms with van der Waals surface area (Å²) in [5.74, 6) is 1.47. The van der Waals surface area contributed by atoms with E-state index in [1.807, 2.05) is 0 Å². The molecule has 0 unspecified atom stereocenters. The average Bonchev–Trinajstić information content (AvgIpc) is 3.45. The van der Waals surface area contributed by atoms with E-state index in [2.05, 4.69) is 20.8 Å². The number of ether oxygens (including phenoxy) is 1. The quantitative estimate of drug-likeness (QED) is 0.439. The van der Waals surface area contributed by atoms with Gasteiger partial charge in [0.15, 0.2) is 0 Å². The first-order valence-electron chi connectivity index (χ1n) is 11.0. The molecular weight excluding hydrogens is 460 g/mol. The van der Waals surface area contributed by atoms with E-state index in [4.69, 9.17) is 9.15 Å². The molecule has 8 nitrogen and oxygen atoms in total. The van der Waals surface area contributed by atoms with E-state index < -0.39 is 0 Å². The smallest absolute Gasteiger partial charge is 0.277 e. The van der Waals surface area contributed by atoms with Crippen LogP contribution in [0.15, 0.2) is 33.9 Å². The van der Waals surface area contributed by atoms with Gasteiger partial charge in [-0.25, -0.2) is 0 Å². The molecule has 1 aromatic carbocycles. The zero-order valence-corrected chi connectivity index (χ0v) is 19.8. The van der Waals surface area contributed by atoms with E-state index in [1.54, 1.807) is 31.4 Å². The average molecular weight is 485 g/mol. The van der Waals surface area contributed by atoms with Crippen molar-refractivity contribution in [3.63, 3.8) is 0 Å². The summed E-state index contributed by atoms with van der Waals surface area (Å²) in [7, 11) is 1.60. The first-order chi connectivity index (χ1) is 16.1. The Morgan fingerprint density at radius 1 is 1.15 bits per heavy atom. The number of methoxy groups -OCH3 is 1. The number of carbonyl (C=O) groups excluding carboxylic acids is 2. The van der Waals surface area contributed by atoms with Gasteiger partial charge in [-0.1, -0.05) is 11.8 Å². The first kappa shape index (κ1) is 22.0. The third-order valence-corrected chi connectivity index (χ3v) is 7.70. The third kappa shape index (κ3) is 5.06. The number of rotatable bonds is 8. The van der Waals surface area contributed by atoms with Gasteiger partial charge in [0, 0.05) is 16.5 Å². The van der Waals surface area contributed by atoms with Gasteiger partial charge in [0.05, 0.1) is 18.4 Å².